The topological polar surface area (TPSA) is 52.6 Å². The van der Waals surface area contributed by atoms with E-state index >= 15 is 0 Å². The van der Waals surface area contributed by atoms with Gasteiger partial charge in [-0.2, -0.15) is 0 Å². The molecule has 0 aliphatic heterocycles. The molecule has 0 saturated heterocycles. The van der Waals surface area contributed by atoms with Gasteiger partial charge < -0.3 is 9.47 Å². The van der Waals surface area contributed by atoms with E-state index < -0.39 is 0 Å². The number of rotatable bonds is 2. The van der Waals surface area contributed by atoms with Gasteiger partial charge in [0.05, 0.1) is 7.11 Å². The van der Waals surface area contributed by atoms with Crippen LogP contribution in [0.25, 0.3) is 0 Å². The molecule has 0 N–H and O–H groups in total. The lowest BCUT2D eigenvalue weighted by molar-refractivity contribution is -0.159. The van der Waals surface area contributed by atoms with E-state index in [-0.39, 0.29) is 23.5 Å². The minimum atomic E-state index is -0.141. The van der Waals surface area contributed by atoms with Gasteiger partial charge in [-0.3, -0.25) is 4.79 Å². The molecule has 150 valence electrons. The fraction of sp³-hybridized carbons (Fsp3) is 0.826. The molecule has 0 radical (unpaired) electrons. The van der Waals surface area contributed by atoms with Crippen molar-refractivity contribution in [1.82, 2.24) is 0 Å². The Morgan fingerprint density at radius 1 is 1.07 bits per heavy atom. The molecule has 0 spiro atoms. The highest BCUT2D eigenvalue weighted by Gasteiger charge is 2.59. The van der Waals surface area contributed by atoms with Crippen molar-refractivity contribution in [3.05, 3.63) is 11.6 Å². The molecule has 0 aromatic heterocycles. The summed E-state index contributed by atoms with van der Waals surface area (Å²) in [6.07, 6.45) is 11.3. The molecule has 0 bridgehead atoms. The van der Waals surface area contributed by atoms with Gasteiger partial charge in [0.1, 0.15) is 6.10 Å². The maximum Gasteiger partial charge on any atom is 0.333 e. The first-order chi connectivity index (χ1) is 12.8. The molecule has 7 atom stereocenters. The van der Waals surface area contributed by atoms with Gasteiger partial charge in [0.2, 0.25) is 0 Å². The summed E-state index contributed by atoms with van der Waals surface area (Å²) in [5.41, 5.74) is 1.28. The maximum absolute atomic E-state index is 12.3. The Bertz CT molecular complexity index is 667. The van der Waals surface area contributed by atoms with Crippen molar-refractivity contribution in [2.75, 3.05) is 7.11 Å². The van der Waals surface area contributed by atoms with Crippen LogP contribution in [0.1, 0.15) is 72.1 Å². The summed E-state index contributed by atoms with van der Waals surface area (Å²) in [6, 6.07) is 0. The van der Waals surface area contributed by atoms with E-state index in [0.29, 0.717) is 23.2 Å². The third kappa shape index (κ3) is 2.86. The number of carbonyl (C=O) groups excluding carboxylic acids is 2. The molecule has 4 heteroatoms. The van der Waals surface area contributed by atoms with E-state index in [1.54, 1.807) is 0 Å². The van der Waals surface area contributed by atoms with Crippen LogP contribution < -0.4 is 0 Å². The number of hydrogen-bond donors (Lipinski definition) is 0. The van der Waals surface area contributed by atoms with Gasteiger partial charge >= 0.3 is 11.9 Å². The van der Waals surface area contributed by atoms with Gasteiger partial charge in [-0.15, -0.1) is 0 Å². The van der Waals surface area contributed by atoms with Crippen molar-refractivity contribution >= 4 is 11.9 Å². The third-order valence-electron chi connectivity index (χ3n) is 8.94. The first kappa shape index (κ1) is 19.0. The van der Waals surface area contributed by atoms with Gasteiger partial charge in [0, 0.05) is 17.9 Å². The van der Waals surface area contributed by atoms with Crippen LogP contribution in [0.15, 0.2) is 11.6 Å². The number of esters is 2. The molecule has 4 rings (SSSR count). The Morgan fingerprint density at radius 2 is 1.85 bits per heavy atom. The first-order valence-electron chi connectivity index (χ1n) is 10.8. The summed E-state index contributed by atoms with van der Waals surface area (Å²) in [6.45, 7) is 6.33. The zero-order valence-corrected chi connectivity index (χ0v) is 17.3. The van der Waals surface area contributed by atoms with Crippen molar-refractivity contribution in [3.8, 4) is 0 Å². The minimum Gasteiger partial charge on any atom is -0.466 e. The monoisotopic (exact) mass is 374 g/mol. The summed E-state index contributed by atoms with van der Waals surface area (Å²) in [5.74, 6) is 2.41. The molecule has 0 amide bonds. The lowest BCUT2D eigenvalue weighted by Crippen LogP contribution is -2.54. The van der Waals surface area contributed by atoms with Crippen LogP contribution >= 0.6 is 0 Å². The standard InChI is InChI=1S/C23H34O4/c1-14(24)27-16-9-11-22(2)15(13-16)5-6-17-18-7-8-20(21(25)26-4)23(18,3)12-10-19(17)22/h8,15-19H,5-7,9-13H2,1-4H3/t15-,16?,17?,18?,19?,22?,23?/m0/s1. The van der Waals surface area contributed by atoms with Crippen LogP contribution in [-0.2, 0) is 19.1 Å². The van der Waals surface area contributed by atoms with Gasteiger partial charge in [0.25, 0.3) is 0 Å². The molecule has 4 nitrogen and oxygen atoms in total. The number of hydrogen-bond acceptors (Lipinski definition) is 4. The van der Waals surface area contributed by atoms with Gasteiger partial charge in [0.15, 0.2) is 0 Å². The number of allylic oxidation sites excluding steroid dienone is 1. The summed E-state index contributed by atoms with van der Waals surface area (Å²) in [7, 11) is 1.50. The molecular weight excluding hydrogens is 340 g/mol. The Kier molecular flexibility index (Phi) is 4.67. The van der Waals surface area contributed by atoms with Crippen LogP contribution in [0, 0.1) is 34.5 Å². The number of methoxy groups -OCH3 is 1. The number of carbonyl (C=O) groups is 2. The highest BCUT2D eigenvalue weighted by atomic mass is 16.5. The highest BCUT2D eigenvalue weighted by molar-refractivity contribution is 5.90. The van der Waals surface area contributed by atoms with Gasteiger partial charge in [-0.1, -0.05) is 19.9 Å². The quantitative estimate of drug-likeness (QED) is 0.659. The van der Waals surface area contributed by atoms with E-state index in [2.05, 4.69) is 19.9 Å². The van der Waals surface area contributed by atoms with E-state index in [1.807, 2.05) is 0 Å². The number of fused-ring (bicyclic) bond motifs is 5. The van der Waals surface area contributed by atoms with Crippen LogP contribution in [0.2, 0.25) is 0 Å². The van der Waals surface area contributed by atoms with Gasteiger partial charge in [-0.05, 0) is 80.5 Å². The van der Waals surface area contributed by atoms with E-state index in [4.69, 9.17) is 9.47 Å². The van der Waals surface area contributed by atoms with Crippen molar-refractivity contribution in [1.29, 1.82) is 0 Å². The zero-order valence-electron chi connectivity index (χ0n) is 17.3. The van der Waals surface area contributed by atoms with E-state index in [1.165, 1.54) is 33.3 Å². The van der Waals surface area contributed by atoms with E-state index in [9.17, 15) is 9.59 Å². The Labute approximate surface area is 163 Å². The average Bonchev–Trinajstić information content (AvgIpc) is 2.98. The first-order valence-corrected chi connectivity index (χ1v) is 10.8. The smallest absolute Gasteiger partial charge is 0.333 e. The van der Waals surface area contributed by atoms with Crippen LogP contribution in [0.5, 0.6) is 0 Å². The minimum absolute atomic E-state index is 0.00754. The Balaban J connectivity index is 1.53. The SMILES string of the molecule is COC(=O)C1=CCC2C3CC[C@H]4CC(OC(C)=O)CCC4(C)C3CCC12C. The molecule has 4 aliphatic rings. The molecule has 3 fully saturated rings. The second-order valence-electron chi connectivity index (χ2n) is 9.96. The normalized spacial score (nSPS) is 45.8. The molecule has 0 aromatic carbocycles. The summed E-state index contributed by atoms with van der Waals surface area (Å²) in [5, 5.41) is 0. The molecule has 0 aromatic rings. The zero-order chi connectivity index (χ0) is 19.4. The summed E-state index contributed by atoms with van der Waals surface area (Å²) in [4.78, 5) is 23.7. The predicted molar refractivity (Wildman–Crippen MR) is 103 cm³/mol. The fourth-order valence-electron chi connectivity index (χ4n) is 7.55. The molecule has 0 heterocycles. The molecular formula is C23H34O4. The third-order valence-corrected chi connectivity index (χ3v) is 8.94. The Hall–Kier alpha value is -1.32. The largest absolute Gasteiger partial charge is 0.466 e. The van der Waals surface area contributed by atoms with Crippen molar-refractivity contribution in [3.63, 3.8) is 0 Å². The lowest BCUT2D eigenvalue weighted by atomic mass is 9.44. The summed E-state index contributed by atoms with van der Waals surface area (Å²) >= 11 is 0. The Morgan fingerprint density at radius 3 is 2.56 bits per heavy atom. The average molecular weight is 375 g/mol. The van der Waals surface area contributed by atoms with Crippen LogP contribution in [-0.4, -0.2) is 25.2 Å². The molecule has 27 heavy (non-hydrogen) atoms. The van der Waals surface area contributed by atoms with Crippen molar-refractivity contribution in [2.45, 2.75) is 78.2 Å². The molecule has 3 saturated carbocycles. The van der Waals surface area contributed by atoms with E-state index in [0.717, 1.165) is 43.6 Å². The maximum atomic E-state index is 12.3. The fourth-order valence-corrected chi connectivity index (χ4v) is 7.55. The second kappa shape index (κ2) is 6.63. The highest BCUT2D eigenvalue weighted by Crippen LogP contribution is 2.66. The van der Waals surface area contributed by atoms with Gasteiger partial charge in [-0.25, -0.2) is 4.79 Å². The van der Waals surface area contributed by atoms with Crippen molar-refractivity contribution < 1.29 is 19.1 Å². The van der Waals surface area contributed by atoms with Crippen LogP contribution in [0.3, 0.4) is 0 Å². The molecule has 4 aliphatic carbocycles. The molecule has 6 unspecified atom stereocenters. The second-order valence-corrected chi connectivity index (χ2v) is 9.96. The number of ether oxygens (including phenoxy) is 2. The summed E-state index contributed by atoms with van der Waals surface area (Å²) < 4.78 is 10.6. The lowest BCUT2D eigenvalue weighted by Gasteiger charge is -2.60. The van der Waals surface area contributed by atoms with Crippen LogP contribution in [0.4, 0.5) is 0 Å². The predicted octanol–water partition coefficient (Wildman–Crippen LogP) is 4.67. The van der Waals surface area contributed by atoms with Crippen molar-refractivity contribution in [2.24, 2.45) is 34.5 Å².